The van der Waals surface area contributed by atoms with Crippen molar-refractivity contribution < 1.29 is 9.53 Å². The monoisotopic (exact) mass is 426 g/mol. The first-order valence-electron chi connectivity index (χ1n) is 9.88. The molecule has 0 bridgehead atoms. The van der Waals surface area contributed by atoms with Crippen LogP contribution < -0.4 is 5.32 Å². The quantitative estimate of drug-likeness (QED) is 0.669. The normalized spacial score (nSPS) is 19.2. The van der Waals surface area contributed by atoms with E-state index in [2.05, 4.69) is 32.7 Å². The van der Waals surface area contributed by atoms with Crippen LogP contribution in [0.4, 0.5) is 5.13 Å². The van der Waals surface area contributed by atoms with Crippen LogP contribution in [0.2, 0.25) is 0 Å². The molecule has 0 aliphatic carbocycles. The molecular formula is C21H22N4O2S2. The number of hydrogen-bond acceptors (Lipinski definition) is 7. The average Bonchev–Trinajstić information content (AvgIpc) is 3.49. The third-order valence-corrected chi connectivity index (χ3v) is 7.16. The van der Waals surface area contributed by atoms with Crippen LogP contribution in [-0.2, 0) is 29.0 Å². The van der Waals surface area contributed by atoms with Gasteiger partial charge in [-0.05, 0) is 12.8 Å². The number of rotatable bonds is 5. The molecule has 0 saturated carbocycles. The summed E-state index contributed by atoms with van der Waals surface area (Å²) in [6, 6.07) is 10.3. The van der Waals surface area contributed by atoms with Gasteiger partial charge in [0.2, 0.25) is 0 Å². The van der Waals surface area contributed by atoms with Crippen molar-refractivity contribution in [3.63, 3.8) is 0 Å². The zero-order chi connectivity index (χ0) is 19.6. The zero-order valence-electron chi connectivity index (χ0n) is 16.0. The standard InChI is InChI=1S/C21H22N4O2S2/c26-19(17-7-4-10-27-17)24-21-23-16-8-9-25(12-18(16)29-21)11-15-13-28-20(22-15)14-5-2-1-3-6-14/h1-3,5-6,13,17H,4,7-12H2,(H,23,24,26). The predicted octanol–water partition coefficient (Wildman–Crippen LogP) is 3.94. The Morgan fingerprint density at radius 2 is 2.17 bits per heavy atom. The lowest BCUT2D eigenvalue weighted by atomic mass is 10.2. The molecule has 2 aromatic heterocycles. The van der Waals surface area contributed by atoms with Crippen molar-refractivity contribution in [2.24, 2.45) is 0 Å². The lowest BCUT2D eigenvalue weighted by Crippen LogP contribution is -2.29. The predicted molar refractivity (Wildman–Crippen MR) is 115 cm³/mol. The van der Waals surface area contributed by atoms with Gasteiger partial charge in [0.15, 0.2) is 5.13 Å². The molecule has 5 rings (SSSR count). The van der Waals surface area contributed by atoms with Crippen LogP contribution in [0.25, 0.3) is 10.6 Å². The number of thiazole rings is 2. The van der Waals surface area contributed by atoms with Crippen LogP contribution >= 0.6 is 22.7 Å². The van der Waals surface area contributed by atoms with Gasteiger partial charge in [0.25, 0.3) is 5.91 Å². The summed E-state index contributed by atoms with van der Waals surface area (Å²) >= 11 is 3.27. The first kappa shape index (κ1) is 18.9. The Balaban J connectivity index is 1.22. The van der Waals surface area contributed by atoms with Crippen LogP contribution in [0.15, 0.2) is 35.7 Å². The second-order valence-electron chi connectivity index (χ2n) is 7.35. The fraction of sp³-hybridized carbons (Fsp3) is 0.381. The Morgan fingerprint density at radius 1 is 1.28 bits per heavy atom. The Morgan fingerprint density at radius 3 is 3.00 bits per heavy atom. The molecule has 6 nitrogen and oxygen atoms in total. The Hall–Kier alpha value is -2.13. The summed E-state index contributed by atoms with van der Waals surface area (Å²) in [4.78, 5) is 25.3. The van der Waals surface area contributed by atoms with Gasteiger partial charge >= 0.3 is 0 Å². The van der Waals surface area contributed by atoms with Crippen molar-refractivity contribution in [2.75, 3.05) is 18.5 Å². The summed E-state index contributed by atoms with van der Waals surface area (Å²) in [5, 5.41) is 6.85. The van der Waals surface area contributed by atoms with E-state index in [0.29, 0.717) is 11.7 Å². The van der Waals surface area contributed by atoms with Gasteiger partial charge in [-0.15, -0.1) is 22.7 Å². The molecule has 1 atom stereocenters. The van der Waals surface area contributed by atoms with Gasteiger partial charge in [-0.1, -0.05) is 30.3 Å². The summed E-state index contributed by atoms with van der Waals surface area (Å²) in [5.41, 5.74) is 3.38. The molecule has 2 aliphatic heterocycles. The summed E-state index contributed by atoms with van der Waals surface area (Å²) in [6.07, 6.45) is 2.32. The summed E-state index contributed by atoms with van der Waals surface area (Å²) < 4.78 is 5.46. The molecular weight excluding hydrogens is 404 g/mol. The molecule has 2 aliphatic rings. The number of nitrogens with one attached hydrogen (secondary N) is 1. The van der Waals surface area contributed by atoms with E-state index in [9.17, 15) is 4.79 Å². The van der Waals surface area contributed by atoms with Crippen molar-refractivity contribution in [1.82, 2.24) is 14.9 Å². The minimum absolute atomic E-state index is 0.0682. The smallest absolute Gasteiger partial charge is 0.255 e. The van der Waals surface area contributed by atoms with E-state index in [-0.39, 0.29) is 12.0 Å². The third-order valence-electron chi connectivity index (χ3n) is 5.22. The highest BCUT2D eigenvalue weighted by molar-refractivity contribution is 7.15. The second-order valence-corrected chi connectivity index (χ2v) is 9.29. The van der Waals surface area contributed by atoms with E-state index < -0.39 is 0 Å². The molecule has 29 heavy (non-hydrogen) atoms. The van der Waals surface area contributed by atoms with Crippen molar-refractivity contribution in [3.05, 3.63) is 52.0 Å². The van der Waals surface area contributed by atoms with Crippen molar-refractivity contribution in [1.29, 1.82) is 0 Å². The number of carbonyl (C=O) groups excluding carboxylic acids is 1. The molecule has 1 saturated heterocycles. The molecule has 150 valence electrons. The summed E-state index contributed by atoms with van der Waals surface area (Å²) in [7, 11) is 0. The maximum absolute atomic E-state index is 12.3. The highest BCUT2D eigenvalue weighted by Gasteiger charge is 2.26. The molecule has 4 heterocycles. The van der Waals surface area contributed by atoms with Crippen molar-refractivity contribution in [3.8, 4) is 10.6 Å². The largest absolute Gasteiger partial charge is 0.368 e. The molecule has 0 spiro atoms. The minimum atomic E-state index is -0.323. The van der Waals surface area contributed by atoms with Crippen LogP contribution in [0.5, 0.6) is 0 Å². The number of anilines is 1. The van der Waals surface area contributed by atoms with Crippen LogP contribution in [0.1, 0.15) is 29.1 Å². The first-order chi connectivity index (χ1) is 14.2. The molecule has 1 amide bonds. The lowest BCUT2D eigenvalue weighted by Gasteiger charge is -2.24. The van der Waals surface area contributed by atoms with Gasteiger partial charge in [-0.25, -0.2) is 9.97 Å². The number of hydrogen-bond donors (Lipinski definition) is 1. The topological polar surface area (TPSA) is 67.4 Å². The molecule has 0 radical (unpaired) electrons. The SMILES string of the molecule is O=C(Nc1nc2c(s1)CN(Cc1csc(-c3ccccc3)n1)CC2)C1CCCO1. The van der Waals surface area contributed by atoms with Gasteiger partial charge in [-0.3, -0.25) is 15.0 Å². The number of benzene rings is 1. The van der Waals surface area contributed by atoms with Crippen molar-refractivity contribution >= 4 is 33.7 Å². The van der Waals surface area contributed by atoms with Crippen LogP contribution in [0.3, 0.4) is 0 Å². The van der Waals surface area contributed by atoms with E-state index in [4.69, 9.17) is 9.72 Å². The maximum Gasteiger partial charge on any atom is 0.255 e. The molecule has 1 aromatic carbocycles. The van der Waals surface area contributed by atoms with Gasteiger partial charge in [0, 0.05) is 48.5 Å². The number of nitrogens with zero attached hydrogens (tertiary/aromatic N) is 3. The summed E-state index contributed by atoms with van der Waals surface area (Å²) in [5.74, 6) is -0.0682. The van der Waals surface area contributed by atoms with Gasteiger partial charge in [0.1, 0.15) is 11.1 Å². The van der Waals surface area contributed by atoms with E-state index in [0.717, 1.165) is 55.3 Å². The Kier molecular flexibility index (Phi) is 5.41. The maximum atomic E-state index is 12.3. The molecule has 1 fully saturated rings. The van der Waals surface area contributed by atoms with E-state index in [1.54, 1.807) is 22.7 Å². The van der Waals surface area contributed by atoms with Gasteiger partial charge in [0.05, 0.1) is 11.4 Å². The molecule has 8 heteroatoms. The second kappa shape index (κ2) is 8.31. The minimum Gasteiger partial charge on any atom is -0.368 e. The molecule has 1 unspecified atom stereocenters. The number of amides is 1. The third kappa shape index (κ3) is 4.25. The average molecular weight is 427 g/mol. The molecule has 1 N–H and O–H groups in total. The lowest BCUT2D eigenvalue weighted by molar-refractivity contribution is -0.124. The number of aromatic nitrogens is 2. The van der Waals surface area contributed by atoms with Crippen molar-refractivity contribution in [2.45, 2.75) is 38.5 Å². The Labute approximate surface area is 177 Å². The van der Waals surface area contributed by atoms with E-state index >= 15 is 0 Å². The highest BCUT2D eigenvalue weighted by Crippen LogP contribution is 2.30. The Bertz CT molecular complexity index is 995. The van der Waals surface area contributed by atoms with Crippen LogP contribution in [0, 0.1) is 0 Å². The number of carbonyl (C=O) groups is 1. The molecule has 3 aromatic rings. The van der Waals surface area contributed by atoms with Crippen LogP contribution in [-0.4, -0.2) is 40.0 Å². The summed E-state index contributed by atoms with van der Waals surface area (Å²) in [6.45, 7) is 3.30. The van der Waals surface area contributed by atoms with E-state index in [1.165, 1.54) is 10.4 Å². The fourth-order valence-electron chi connectivity index (χ4n) is 3.73. The zero-order valence-corrected chi connectivity index (χ0v) is 17.6. The fourth-order valence-corrected chi connectivity index (χ4v) is 5.60. The van der Waals surface area contributed by atoms with E-state index in [1.807, 2.05) is 18.2 Å². The number of ether oxygens (including phenoxy) is 1. The number of fused-ring (bicyclic) bond motifs is 1. The van der Waals surface area contributed by atoms with Gasteiger partial charge < -0.3 is 4.74 Å². The highest BCUT2D eigenvalue weighted by atomic mass is 32.1. The first-order valence-corrected chi connectivity index (χ1v) is 11.6. The van der Waals surface area contributed by atoms with Gasteiger partial charge in [-0.2, -0.15) is 0 Å².